The van der Waals surface area contributed by atoms with Crippen LogP contribution in [0.3, 0.4) is 0 Å². The van der Waals surface area contributed by atoms with Crippen molar-refractivity contribution in [3.8, 4) is 5.75 Å². The number of ether oxygens (including phenoxy) is 1. The lowest BCUT2D eigenvalue weighted by atomic mass is 10.1. The molecular weight excluding hydrogens is 224 g/mol. The third-order valence-electron chi connectivity index (χ3n) is 2.86. The Balaban J connectivity index is 1.83. The van der Waals surface area contributed by atoms with Crippen LogP contribution in [0.1, 0.15) is 24.2 Å². The van der Waals surface area contributed by atoms with Crippen LogP contribution in [0.2, 0.25) is 0 Å². The maximum Gasteiger partial charge on any atom is 0.119 e. The zero-order valence-corrected chi connectivity index (χ0v) is 10.5. The van der Waals surface area contributed by atoms with Gasteiger partial charge in [-0.15, -0.1) is 0 Å². The van der Waals surface area contributed by atoms with Gasteiger partial charge in [-0.2, -0.15) is 0 Å². The van der Waals surface area contributed by atoms with Gasteiger partial charge in [-0.25, -0.2) is 0 Å². The highest BCUT2D eigenvalue weighted by molar-refractivity contribution is 5.28. The molecule has 0 heterocycles. The molecule has 2 aromatic carbocycles. The van der Waals surface area contributed by atoms with Crippen LogP contribution >= 0.6 is 0 Å². The van der Waals surface area contributed by atoms with Gasteiger partial charge in [0.1, 0.15) is 5.75 Å². The van der Waals surface area contributed by atoms with Gasteiger partial charge in [0.25, 0.3) is 0 Å². The van der Waals surface area contributed by atoms with Gasteiger partial charge in [-0.05, 0) is 30.2 Å². The molecule has 0 fully saturated rings. The molecule has 0 saturated carbocycles. The first kappa shape index (κ1) is 12.7. The van der Waals surface area contributed by atoms with Crippen LogP contribution in [-0.2, 0) is 6.42 Å². The number of aliphatic hydroxyl groups excluding tert-OH is 1. The molecular formula is C16H18O2. The monoisotopic (exact) mass is 242 g/mol. The molecule has 2 nitrogen and oxygen atoms in total. The molecule has 0 aliphatic rings. The van der Waals surface area contributed by atoms with Crippen LogP contribution in [0.25, 0.3) is 0 Å². The quantitative estimate of drug-likeness (QED) is 0.871. The zero-order valence-electron chi connectivity index (χ0n) is 10.5. The van der Waals surface area contributed by atoms with Crippen molar-refractivity contribution < 1.29 is 9.84 Å². The third-order valence-corrected chi connectivity index (χ3v) is 2.86. The largest absolute Gasteiger partial charge is 0.493 e. The predicted octanol–water partition coefficient (Wildman–Crippen LogP) is 3.36. The van der Waals surface area contributed by atoms with Gasteiger partial charge in [0, 0.05) is 6.42 Å². The van der Waals surface area contributed by atoms with Crippen LogP contribution in [0.5, 0.6) is 5.75 Å². The summed E-state index contributed by atoms with van der Waals surface area (Å²) in [6.45, 7) is 2.42. The van der Waals surface area contributed by atoms with Gasteiger partial charge < -0.3 is 9.84 Å². The molecule has 0 amide bonds. The molecule has 0 aromatic heterocycles. The number of aliphatic hydroxyl groups is 1. The van der Waals surface area contributed by atoms with Gasteiger partial charge >= 0.3 is 0 Å². The molecule has 2 heteroatoms. The average Bonchev–Trinajstić information content (AvgIpc) is 2.40. The van der Waals surface area contributed by atoms with E-state index < -0.39 is 6.10 Å². The van der Waals surface area contributed by atoms with Crippen molar-refractivity contribution in [2.24, 2.45) is 0 Å². The Hall–Kier alpha value is -1.80. The van der Waals surface area contributed by atoms with Crippen LogP contribution in [0.15, 0.2) is 54.6 Å². The highest BCUT2D eigenvalue weighted by Gasteiger charge is 2.00. The standard InChI is InChI=1S/C16H18O2/c1-13(17)15-7-9-16(10-8-15)18-12-11-14-5-3-2-4-6-14/h2-10,13,17H,11-12H2,1H3/t13-/m0/s1. The molecule has 18 heavy (non-hydrogen) atoms. The highest BCUT2D eigenvalue weighted by atomic mass is 16.5. The second-order valence-electron chi connectivity index (χ2n) is 4.33. The lowest BCUT2D eigenvalue weighted by Gasteiger charge is -2.08. The first-order chi connectivity index (χ1) is 8.75. The van der Waals surface area contributed by atoms with Crippen molar-refractivity contribution >= 4 is 0 Å². The fourth-order valence-corrected chi connectivity index (χ4v) is 1.77. The lowest BCUT2D eigenvalue weighted by Crippen LogP contribution is -2.01. The van der Waals surface area contributed by atoms with Crippen molar-refractivity contribution in [3.63, 3.8) is 0 Å². The summed E-state index contributed by atoms with van der Waals surface area (Å²) in [6, 6.07) is 17.9. The summed E-state index contributed by atoms with van der Waals surface area (Å²) in [5.74, 6) is 0.843. The van der Waals surface area contributed by atoms with E-state index in [-0.39, 0.29) is 0 Å². The molecule has 0 aliphatic carbocycles. The van der Waals surface area contributed by atoms with Gasteiger partial charge in [-0.3, -0.25) is 0 Å². The van der Waals surface area contributed by atoms with E-state index in [0.717, 1.165) is 17.7 Å². The van der Waals surface area contributed by atoms with E-state index >= 15 is 0 Å². The fraction of sp³-hybridized carbons (Fsp3) is 0.250. The zero-order chi connectivity index (χ0) is 12.8. The van der Waals surface area contributed by atoms with Crippen LogP contribution in [0, 0.1) is 0 Å². The molecule has 0 bridgehead atoms. The minimum Gasteiger partial charge on any atom is -0.493 e. The van der Waals surface area contributed by atoms with Gasteiger partial charge in [0.15, 0.2) is 0 Å². The van der Waals surface area contributed by atoms with Gasteiger partial charge in [0.2, 0.25) is 0 Å². The summed E-state index contributed by atoms with van der Waals surface area (Å²) < 4.78 is 5.66. The van der Waals surface area contributed by atoms with Crippen LogP contribution in [-0.4, -0.2) is 11.7 Å². The maximum atomic E-state index is 9.40. The van der Waals surface area contributed by atoms with E-state index in [2.05, 4.69) is 12.1 Å². The summed E-state index contributed by atoms with van der Waals surface area (Å²) >= 11 is 0. The summed E-state index contributed by atoms with van der Waals surface area (Å²) in [7, 11) is 0. The average molecular weight is 242 g/mol. The molecule has 0 aliphatic heterocycles. The molecule has 0 spiro atoms. The van der Waals surface area contributed by atoms with Crippen molar-refractivity contribution in [3.05, 3.63) is 65.7 Å². The van der Waals surface area contributed by atoms with Crippen molar-refractivity contribution in [2.75, 3.05) is 6.61 Å². The van der Waals surface area contributed by atoms with E-state index in [1.165, 1.54) is 5.56 Å². The minimum atomic E-state index is -0.427. The minimum absolute atomic E-state index is 0.427. The van der Waals surface area contributed by atoms with Gasteiger partial charge in [0.05, 0.1) is 12.7 Å². The van der Waals surface area contributed by atoms with E-state index in [9.17, 15) is 5.11 Å². The molecule has 0 unspecified atom stereocenters. The summed E-state index contributed by atoms with van der Waals surface area (Å²) in [5, 5.41) is 9.40. The molecule has 1 N–H and O–H groups in total. The molecule has 2 aromatic rings. The Morgan fingerprint density at radius 3 is 2.28 bits per heavy atom. The third kappa shape index (κ3) is 3.60. The van der Waals surface area contributed by atoms with E-state index in [4.69, 9.17) is 4.74 Å². The predicted molar refractivity (Wildman–Crippen MR) is 72.7 cm³/mol. The SMILES string of the molecule is C[C@H](O)c1ccc(OCCc2ccccc2)cc1. The number of benzene rings is 2. The fourth-order valence-electron chi connectivity index (χ4n) is 1.77. The van der Waals surface area contributed by atoms with Crippen molar-refractivity contribution in [2.45, 2.75) is 19.4 Å². The lowest BCUT2D eigenvalue weighted by molar-refractivity contribution is 0.199. The summed E-state index contributed by atoms with van der Waals surface area (Å²) in [4.78, 5) is 0. The molecule has 0 radical (unpaired) electrons. The number of hydrogen-bond acceptors (Lipinski definition) is 2. The topological polar surface area (TPSA) is 29.5 Å². The Morgan fingerprint density at radius 1 is 1.00 bits per heavy atom. The molecule has 1 atom stereocenters. The second-order valence-corrected chi connectivity index (χ2v) is 4.33. The smallest absolute Gasteiger partial charge is 0.119 e. The molecule has 0 saturated heterocycles. The van der Waals surface area contributed by atoms with Crippen LogP contribution in [0.4, 0.5) is 0 Å². The van der Waals surface area contributed by atoms with E-state index in [0.29, 0.717) is 6.61 Å². The molecule has 94 valence electrons. The Morgan fingerprint density at radius 2 is 1.67 bits per heavy atom. The Labute approximate surface area is 108 Å². The van der Waals surface area contributed by atoms with E-state index in [1.54, 1.807) is 6.92 Å². The van der Waals surface area contributed by atoms with E-state index in [1.807, 2.05) is 42.5 Å². The normalized spacial score (nSPS) is 12.1. The maximum absolute atomic E-state index is 9.40. The first-order valence-electron chi connectivity index (χ1n) is 6.20. The Kier molecular flexibility index (Phi) is 4.37. The Bertz CT molecular complexity index is 460. The van der Waals surface area contributed by atoms with Gasteiger partial charge in [-0.1, -0.05) is 42.5 Å². The number of rotatable bonds is 5. The second kappa shape index (κ2) is 6.22. The van der Waals surface area contributed by atoms with Crippen molar-refractivity contribution in [1.82, 2.24) is 0 Å². The van der Waals surface area contributed by atoms with Crippen molar-refractivity contribution in [1.29, 1.82) is 0 Å². The summed E-state index contributed by atoms with van der Waals surface area (Å²) in [5.41, 5.74) is 2.18. The number of hydrogen-bond donors (Lipinski definition) is 1. The summed E-state index contributed by atoms with van der Waals surface area (Å²) in [6.07, 6.45) is 0.474. The first-order valence-corrected chi connectivity index (χ1v) is 6.20. The highest BCUT2D eigenvalue weighted by Crippen LogP contribution is 2.17. The molecule has 2 rings (SSSR count). The van der Waals surface area contributed by atoms with Crippen LogP contribution < -0.4 is 4.74 Å².